The lowest BCUT2D eigenvalue weighted by molar-refractivity contribution is 0.411. The van der Waals surface area contributed by atoms with E-state index in [1.54, 1.807) is 0 Å². The number of nitrogens with one attached hydrogen (secondary N) is 2. The van der Waals surface area contributed by atoms with Crippen molar-refractivity contribution in [2.75, 3.05) is 0 Å². The summed E-state index contributed by atoms with van der Waals surface area (Å²) < 4.78 is 6.24. The van der Waals surface area contributed by atoms with Crippen molar-refractivity contribution in [1.82, 2.24) is 10.6 Å². The molecule has 7 aromatic carbocycles. The standard InChI is InChI=1S/C41H28ClN3O/c42-29-19-22-36-35(24-29)38-33(15-8-16-37(38)46-36)32-20-21-34(31-14-7-6-13-30(31)32)41-44-39(26-10-2-1-3-11-26)43-40(45-41)28-18-17-25-9-4-5-12-27(25)23-28/h1-24,39,41,44H,(H,43,45). The Kier molecular flexibility index (Phi) is 6.37. The average molecular weight is 614 g/mol. The highest BCUT2D eigenvalue weighted by Crippen LogP contribution is 2.41. The van der Waals surface area contributed by atoms with Gasteiger partial charge < -0.3 is 9.73 Å². The molecule has 2 N–H and O–H groups in total. The molecule has 1 aliphatic heterocycles. The van der Waals surface area contributed by atoms with Crippen molar-refractivity contribution in [3.8, 4) is 11.1 Å². The van der Waals surface area contributed by atoms with Crippen LogP contribution in [0.4, 0.5) is 0 Å². The summed E-state index contributed by atoms with van der Waals surface area (Å²) in [4.78, 5) is 5.19. The van der Waals surface area contributed by atoms with Gasteiger partial charge in [0.2, 0.25) is 0 Å². The highest BCUT2D eigenvalue weighted by Gasteiger charge is 2.27. The van der Waals surface area contributed by atoms with Crippen LogP contribution in [0.3, 0.4) is 0 Å². The number of benzene rings is 7. The fourth-order valence-electron chi connectivity index (χ4n) is 6.84. The van der Waals surface area contributed by atoms with Crippen LogP contribution in [0, 0.1) is 0 Å². The quantitative estimate of drug-likeness (QED) is 0.208. The third kappa shape index (κ3) is 4.54. The molecule has 0 spiro atoms. The number of aliphatic imine (C=N–C) groups is 1. The zero-order chi connectivity index (χ0) is 30.6. The van der Waals surface area contributed by atoms with Crippen LogP contribution < -0.4 is 10.6 Å². The largest absolute Gasteiger partial charge is 0.456 e. The maximum atomic E-state index is 6.45. The monoisotopic (exact) mass is 613 g/mol. The first-order valence-electron chi connectivity index (χ1n) is 15.5. The van der Waals surface area contributed by atoms with Gasteiger partial charge in [-0.3, -0.25) is 5.32 Å². The summed E-state index contributed by atoms with van der Waals surface area (Å²) in [6.45, 7) is 0. The lowest BCUT2D eigenvalue weighted by Crippen LogP contribution is -2.45. The number of fused-ring (bicyclic) bond motifs is 5. The molecule has 5 heteroatoms. The molecule has 4 nitrogen and oxygen atoms in total. The molecule has 0 saturated carbocycles. The van der Waals surface area contributed by atoms with Gasteiger partial charge in [0, 0.05) is 21.4 Å². The van der Waals surface area contributed by atoms with Crippen molar-refractivity contribution < 1.29 is 4.42 Å². The summed E-state index contributed by atoms with van der Waals surface area (Å²) in [6.07, 6.45) is -0.407. The van der Waals surface area contributed by atoms with E-state index in [0.29, 0.717) is 5.02 Å². The van der Waals surface area contributed by atoms with E-state index in [9.17, 15) is 0 Å². The van der Waals surface area contributed by atoms with Crippen LogP contribution in [-0.2, 0) is 0 Å². The summed E-state index contributed by atoms with van der Waals surface area (Å²) in [5.41, 5.74) is 7.27. The maximum absolute atomic E-state index is 6.45. The molecule has 0 fully saturated rings. The Labute approximate surface area is 271 Å². The smallest absolute Gasteiger partial charge is 0.136 e. The van der Waals surface area contributed by atoms with Crippen molar-refractivity contribution >= 4 is 60.9 Å². The average Bonchev–Trinajstić information content (AvgIpc) is 3.49. The van der Waals surface area contributed by atoms with Crippen LogP contribution in [0.2, 0.25) is 5.02 Å². The lowest BCUT2D eigenvalue weighted by Gasteiger charge is -2.33. The van der Waals surface area contributed by atoms with Crippen molar-refractivity contribution in [2.24, 2.45) is 4.99 Å². The summed E-state index contributed by atoms with van der Waals surface area (Å²) in [6, 6.07) is 50.6. The second kappa shape index (κ2) is 10.9. The van der Waals surface area contributed by atoms with Gasteiger partial charge in [0.05, 0.1) is 0 Å². The Morgan fingerprint density at radius 2 is 1.39 bits per heavy atom. The zero-order valence-electron chi connectivity index (χ0n) is 24.7. The van der Waals surface area contributed by atoms with Gasteiger partial charge in [-0.2, -0.15) is 0 Å². The molecule has 220 valence electrons. The molecular formula is C41H28ClN3O. The SMILES string of the molecule is Clc1ccc2oc3cccc(-c4ccc(C5NC(c6ccc7ccccc7c6)=NC(c6ccccc6)N5)c5ccccc45)c3c2c1. The van der Waals surface area contributed by atoms with Crippen LogP contribution in [0.15, 0.2) is 155 Å². The van der Waals surface area contributed by atoms with Gasteiger partial charge in [-0.15, -0.1) is 0 Å². The molecule has 0 bridgehead atoms. The predicted molar refractivity (Wildman–Crippen MR) is 190 cm³/mol. The molecule has 0 amide bonds. The topological polar surface area (TPSA) is 49.6 Å². The minimum Gasteiger partial charge on any atom is -0.456 e. The van der Waals surface area contributed by atoms with Gasteiger partial charge in [-0.25, -0.2) is 4.99 Å². The predicted octanol–water partition coefficient (Wildman–Crippen LogP) is 10.5. The first kappa shape index (κ1) is 26.9. The van der Waals surface area contributed by atoms with Crippen molar-refractivity contribution in [2.45, 2.75) is 12.3 Å². The van der Waals surface area contributed by atoms with E-state index in [1.165, 1.54) is 21.5 Å². The van der Waals surface area contributed by atoms with Crippen LogP contribution in [-0.4, -0.2) is 5.84 Å². The first-order valence-corrected chi connectivity index (χ1v) is 15.8. The van der Waals surface area contributed by atoms with Crippen LogP contribution in [0.25, 0.3) is 54.6 Å². The third-order valence-corrected chi connectivity index (χ3v) is 9.25. The van der Waals surface area contributed by atoms with Crippen LogP contribution in [0.5, 0.6) is 0 Å². The minimum absolute atomic E-state index is 0.188. The molecule has 2 heterocycles. The number of rotatable bonds is 4. The zero-order valence-corrected chi connectivity index (χ0v) is 25.5. The molecule has 9 rings (SSSR count). The lowest BCUT2D eigenvalue weighted by atomic mass is 9.91. The van der Waals surface area contributed by atoms with Crippen molar-refractivity contribution in [3.05, 3.63) is 167 Å². The van der Waals surface area contributed by atoms with Gasteiger partial charge in [0.1, 0.15) is 29.3 Å². The number of amidine groups is 1. The van der Waals surface area contributed by atoms with E-state index in [0.717, 1.165) is 55.6 Å². The Balaban J connectivity index is 1.19. The van der Waals surface area contributed by atoms with E-state index in [1.807, 2.05) is 30.3 Å². The van der Waals surface area contributed by atoms with E-state index < -0.39 is 0 Å². The van der Waals surface area contributed by atoms with Gasteiger partial charge in [0.25, 0.3) is 0 Å². The number of halogens is 1. The normalized spacial score (nSPS) is 16.6. The minimum atomic E-state index is -0.219. The van der Waals surface area contributed by atoms with E-state index >= 15 is 0 Å². The van der Waals surface area contributed by atoms with Crippen LogP contribution >= 0.6 is 11.6 Å². The molecule has 8 aromatic rings. The molecule has 1 aromatic heterocycles. The number of furan rings is 1. The van der Waals surface area contributed by atoms with Crippen LogP contribution in [0.1, 0.15) is 29.0 Å². The second-order valence-corrected chi connectivity index (χ2v) is 12.2. The highest BCUT2D eigenvalue weighted by molar-refractivity contribution is 6.32. The fourth-order valence-corrected chi connectivity index (χ4v) is 7.01. The van der Waals surface area contributed by atoms with Gasteiger partial charge >= 0.3 is 0 Å². The molecule has 1 aliphatic rings. The Bertz CT molecular complexity index is 2460. The summed E-state index contributed by atoms with van der Waals surface area (Å²) in [5, 5.41) is 15.1. The van der Waals surface area contributed by atoms with E-state index in [-0.39, 0.29) is 12.3 Å². The van der Waals surface area contributed by atoms with Crippen molar-refractivity contribution in [3.63, 3.8) is 0 Å². The van der Waals surface area contributed by atoms with E-state index in [4.69, 9.17) is 21.0 Å². The Morgan fingerprint density at radius 1 is 0.587 bits per heavy atom. The Hall–Kier alpha value is -5.42. The summed E-state index contributed by atoms with van der Waals surface area (Å²) in [7, 11) is 0. The first-order chi connectivity index (χ1) is 22.7. The molecule has 2 unspecified atom stereocenters. The molecule has 0 saturated heterocycles. The number of hydrogen-bond acceptors (Lipinski definition) is 4. The molecule has 2 atom stereocenters. The third-order valence-electron chi connectivity index (χ3n) is 9.02. The highest BCUT2D eigenvalue weighted by atomic mass is 35.5. The Morgan fingerprint density at radius 3 is 2.28 bits per heavy atom. The van der Waals surface area contributed by atoms with Gasteiger partial charge in [0.15, 0.2) is 0 Å². The number of hydrogen-bond donors (Lipinski definition) is 2. The van der Waals surface area contributed by atoms with Crippen molar-refractivity contribution in [1.29, 1.82) is 0 Å². The number of nitrogens with zero attached hydrogens (tertiary/aromatic N) is 1. The molecule has 0 radical (unpaired) electrons. The summed E-state index contributed by atoms with van der Waals surface area (Å²) in [5.74, 6) is 0.864. The molecule has 46 heavy (non-hydrogen) atoms. The molecular weight excluding hydrogens is 586 g/mol. The maximum Gasteiger partial charge on any atom is 0.136 e. The summed E-state index contributed by atoms with van der Waals surface area (Å²) >= 11 is 6.45. The fraction of sp³-hybridized carbons (Fsp3) is 0.0488. The van der Waals surface area contributed by atoms with Gasteiger partial charge in [-0.1, -0.05) is 127 Å². The second-order valence-electron chi connectivity index (χ2n) is 11.8. The molecule has 0 aliphatic carbocycles. The van der Waals surface area contributed by atoms with E-state index in [2.05, 4.69) is 126 Å². The van der Waals surface area contributed by atoms with Gasteiger partial charge in [-0.05, 0) is 74.1 Å².